The van der Waals surface area contributed by atoms with E-state index in [1.165, 1.54) is 0 Å². The second kappa shape index (κ2) is 4.81. The molecule has 0 rings (SSSR count). The zero-order chi connectivity index (χ0) is 9.72. The normalized spacial score (nSPS) is 11.6. The minimum absolute atomic E-state index is 0.453. The third kappa shape index (κ3) is 3.42. The van der Waals surface area contributed by atoms with Gasteiger partial charge in [-0.15, -0.1) is 0 Å². The van der Waals surface area contributed by atoms with Gasteiger partial charge in [0.15, 0.2) is 0 Å². The average molecular weight is 166 g/mol. The van der Waals surface area contributed by atoms with Crippen LogP contribution >= 0.6 is 0 Å². The first-order valence-corrected chi connectivity index (χ1v) is 4.09. The highest BCUT2D eigenvalue weighted by Crippen LogP contribution is 2.15. The Morgan fingerprint density at radius 1 is 1.33 bits per heavy atom. The lowest BCUT2D eigenvalue weighted by Gasteiger charge is -2.08. The van der Waals surface area contributed by atoms with Crippen molar-refractivity contribution in [3.05, 3.63) is 36.1 Å². The van der Waals surface area contributed by atoms with Crippen LogP contribution in [0.1, 0.15) is 20.8 Å². The van der Waals surface area contributed by atoms with Gasteiger partial charge in [-0.1, -0.05) is 27.0 Å². The van der Waals surface area contributed by atoms with Crippen molar-refractivity contribution in [1.29, 1.82) is 0 Å². The van der Waals surface area contributed by atoms with Crippen LogP contribution in [0.2, 0.25) is 0 Å². The molecule has 0 aliphatic carbocycles. The predicted octanol–water partition coefficient (Wildman–Crippen LogP) is 3.31. The van der Waals surface area contributed by atoms with E-state index in [0.717, 1.165) is 16.9 Å². The molecule has 0 fully saturated rings. The maximum atomic E-state index is 5.13. The van der Waals surface area contributed by atoms with Crippen molar-refractivity contribution in [3.63, 3.8) is 0 Å². The number of methoxy groups -OCH3 is 1. The van der Waals surface area contributed by atoms with Crippen LogP contribution in [0.4, 0.5) is 0 Å². The molecular formula is C11H18O. The number of hydrogen-bond donors (Lipinski definition) is 0. The highest BCUT2D eigenvalue weighted by atomic mass is 16.5. The number of allylic oxidation sites excluding steroid dienone is 3. The second-order valence-corrected chi connectivity index (χ2v) is 3.22. The molecule has 12 heavy (non-hydrogen) atoms. The second-order valence-electron chi connectivity index (χ2n) is 3.22. The van der Waals surface area contributed by atoms with Crippen LogP contribution in [-0.4, -0.2) is 7.11 Å². The molecule has 0 saturated heterocycles. The predicted molar refractivity (Wildman–Crippen MR) is 53.9 cm³/mol. The van der Waals surface area contributed by atoms with E-state index in [0.29, 0.717) is 5.92 Å². The summed E-state index contributed by atoms with van der Waals surface area (Å²) in [4.78, 5) is 0. The van der Waals surface area contributed by atoms with Crippen LogP contribution in [0.15, 0.2) is 36.1 Å². The Hall–Kier alpha value is -0.980. The molecule has 0 aliphatic heterocycles. The van der Waals surface area contributed by atoms with Crippen LogP contribution in [-0.2, 0) is 4.74 Å². The van der Waals surface area contributed by atoms with E-state index in [2.05, 4.69) is 27.0 Å². The number of ether oxygens (including phenoxy) is 1. The Morgan fingerprint density at radius 3 is 2.08 bits per heavy atom. The topological polar surface area (TPSA) is 9.23 Å². The SMILES string of the molecule is C=C(C)/C(=C\C(=C)C(C)C)OC. The summed E-state index contributed by atoms with van der Waals surface area (Å²) < 4.78 is 5.13. The minimum Gasteiger partial charge on any atom is -0.497 e. The van der Waals surface area contributed by atoms with E-state index in [4.69, 9.17) is 4.74 Å². The van der Waals surface area contributed by atoms with E-state index >= 15 is 0 Å². The van der Waals surface area contributed by atoms with Gasteiger partial charge in [0.25, 0.3) is 0 Å². The fraction of sp³-hybridized carbons (Fsp3) is 0.455. The Bertz CT molecular complexity index is 209. The Balaban J connectivity index is 4.49. The fourth-order valence-electron chi connectivity index (χ4n) is 0.691. The molecule has 0 unspecified atom stereocenters. The van der Waals surface area contributed by atoms with Crippen LogP contribution < -0.4 is 0 Å². The van der Waals surface area contributed by atoms with Gasteiger partial charge in [-0.25, -0.2) is 0 Å². The summed E-state index contributed by atoms with van der Waals surface area (Å²) in [6, 6.07) is 0. The molecule has 1 heteroatoms. The lowest BCUT2D eigenvalue weighted by Crippen LogP contribution is -1.93. The number of rotatable bonds is 4. The zero-order valence-electron chi connectivity index (χ0n) is 8.48. The van der Waals surface area contributed by atoms with Gasteiger partial charge in [0.2, 0.25) is 0 Å². The number of hydrogen-bond acceptors (Lipinski definition) is 1. The molecule has 68 valence electrons. The van der Waals surface area contributed by atoms with Crippen molar-refractivity contribution in [1.82, 2.24) is 0 Å². The molecule has 0 amide bonds. The molecule has 0 aromatic heterocycles. The average Bonchev–Trinajstić information content (AvgIpc) is 1.98. The summed E-state index contributed by atoms with van der Waals surface area (Å²) in [6.45, 7) is 13.9. The summed E-state index contributed by atoms with van der Waals surface area (Å²) in [7, 11) is 1.65. The van der Waals surface area contributed by atoms with Crippen LogP contribution in [0.5, 0.6) is 0 Å². The summed E-state index contributed by atoms with van der Waals surface area (Å²) in [5.74, 6) is 1.27. The molecule has 0 aromatic carbocycles. The summed E-state index contributed by atoms with van der Waals surface area (Å²) in [5, 5.41) is 0. The van der Waals surface area contributed by atoms with Crippen molar-refractivity contribution in [2.24, 2.45) is 5.92 Å². The van der Waals surface area contributed by atoms with Gasteiger partial charge in [-0.2, -0.15) is 0 Å². The van der Waals surface area contributed by atoms with Gasteiger partial charge >= 0.3 is 0 Å². The van der Waals surface area contributed by atoms with Crippen LogP contribution in [0, 0.1) is 5.92 Å². The molecule has 0 atom stereocenters. The smallest absolute Gasteiger partial charge is 0.121 e. The van der Waals surface area contributed by atoms with Crippen molar-refractivity contribution in [2.45, 2.75) is 20.8 Å². The van der Waals surface area contributed by atoms with Gasteiger partial charge in [0, 0.05) is 0 Å². The van der Waals surface area contributed by atoms with Crippen molar-refractivity contribution < 1.29 is 4.74 Å². The summed E-state index contributed by atoms with van der Waals surface area (Å²) >= 11 is 0. The standard InChI is InChI=1S/C11H18O/c1-8(2)10(5)7-11(12-6)9(3)4/h7-8H,3,5H2,1-2,4,6H3/b11-7+. The summed E-state index contributed by atoms with van der Waals surface area (Å²) in [6.07, 6.45) is 1.94. The highest BCUT2D eigenvalue weighted by molar-refractivity contribution is 5.29. The van der Waals surface area contributed by atoms with E-state index in [1.54, 1.807) is 7.11 Å². The minimum atomic E-state index is 0.453. The largest absolute Gasteiger partial charge is 0.497 e. The zero-order valence-corrected chi connectivity index (χ0v) is 8.48. The lowest BCUT2D eigenvalue weighted by atomic mass is 10.0. The van der Waals surface area contributed by atoms with Gasteiger partial charge in [0.1, 0.15) is 5.76 Å². The molecular weight excluding hydrogens is 148 g/mol. The van der Waals surface area contributed by atoms with Gasteiger partial charge in [0.05, 0.1) is 7.11 Å². The van der Waals surface area contributed by atoms with E-state index in [9.17, 15) is 0 Å². The summed E-state index contributed by atoms with van der Waals surface area (Å²) in [5.41, 5.74) is 1.99. The molecule has 0 aromatic rings. The molecule has 0 spiro atoms. The molecule has 0 saturated carbocycles. The molecule has 0 heterocycles. The molecule has 0 aliphatic rings. The van der Waals surface area contributed by atoms with Crippen molar-refractivity contribution >= 4 is 0 Å². The van der Waals surface area contributed by atoms with Crippen LogP contribution in [0.25, 0.3) is 0 Å². The van der Waals surface area contributed by atoms with Gasteiger partial charge < -0.3 is 4.74 Å². The van der Waals surface area contributed by atoms with Crippen LogP contribution in [0.3, 0.4) is 0 Å². The first-order chi connectivity index (χ1) is 5.49. The monoisotopic (exact) mass is 166 g/mol. The van der Waals surface area contributed by atoms with E-state index < -0.39 is 0 Å². The lowest BCUT2D eigenvalue weighted by molar-refractivity contribution is 0.300. The maximum absolute atomic E-state index is 5.13. The fourth-order valence-corrected chi connectivity index (χ4v) is 0.691. The Morgan fingerprint density at radius 2 is 1.83 bits per heavy atom. The molecule has 0 bridgehead atoms. The van der Waals surface area contributed by atoms with E-state index in [-0.39, 0.29) is 0 Å². The quantitative estimate of drug-likeness (QED) is 0.460. The van der Waals surface area contributed by atoms with E-state index in [1.807, 2.05) is 13.0 Å². The van der Waals surface area contributed by atoms with Crippen molar-refractivity contribution in [2.75, 3.05) is 7.11 Å². The Kier molecular flexibility index (Phi) is 4.42. The highest BCUT2D eigenvalue weighted by Gasteiger charge is 2.01. The third-order valence-electron chi connectivity index (χ3n) is 1.70. The molecule has 0 N–H and O–H groups in total. The maximum Gasteiger partial charge on any atom is 0.121 e. The van der Waals surface area contributed by atoms with Gasteiger partial charge in [-0.3, -0.25) is 0 Å². The van der Waals surface area contributed by atoms with Gasteiger partial charge in [-0.05, 0) is 30.1 Å². The first-order valence-electron chi connectivity index (χ1n) is 4.09. The molecule has 1 nitrogen and oxygen atoms in total. The third-order valence-corrected chi connectivity index (χ3v) is 1.70. The molecule has 0 radical (unpaired) electrons. The first kappa shape index (κ1) is 11.0. The Labute approximate surface area is 75.4 Å². The van der Waals surface area contributed by atoms with Crippen molar-refractivity contribution in [3.8, 4) is 0 Å².